The molecule has 0 aliphatic heterocycles. The number of thioether (sulfide) groups is 1. The van der Waals surface area contributed by atoms with E-state index in [4.69, 9.17) is 4.74 Å². The first kappa shape index (κ1) is 14.2. The summed E-state index contributed by atoms with van der Waals surface area (Å²) in [5, 5.41) is 13.6. The van der Waals surface area contributed by atoms with Crippen LogP contribution in [0.4, 0.5) is 11.6 Å². The van der Waals surface area contributed by atoms with Gasteiger partial charge in [0, 0.05) is 7.05 Å². The van der Waals surface area contributed by atoms with Crippen molar-refractivity contribution in [2.45, 2.75) is 11.9 Å². The molecule has 18 heavy (non-hydrogen) atoms. The molecular weight excluding hydrogens is 260 g/mol. The lowest BCUT2D eigenvalue weighted by Crippen LogP contribution is -2.08. The Labute approximate surface area is 107 Å². The summed E-state index contributed by atoms with van der Waals surface area (Å²) in [7, 11) is 1.60. The SMILES string of the molecule is CCOC(=O)CSc1nc(NC)ncc1[N+](=O)[O-]. The van der Waals surface area contributed by atoms with Crippen LogP contribution in [0.1, 0.15) is 6.92 Å². The van der Waals surface area contributed by atoms with E-state index < -0.39 is 10.9 Å². The van der Waals surface area contributed by atoms with E-state index in [0.717, 1.165) is 18.0 Å². The van der Waals surface area contributed by atoms with Crippen LogP contribution in [-0.4, -0.2) is 40.3 Å². The van der Waals surface area contributed by atoms with Crippen LogP contribution in [-0.2, 0) is 9.53 Å². The van der Waals surface area contributed by atoms with Gasteiger partial charge in [0.05, 0.1) is 17.3 Å². The highest BCUT2D eigenvalue weighted by Gasteiger charge is 2.18. The molecule has 0 amide bonds. The molecule has 1 rings (SSSR count). The second-order valence-corrected chi connectivity index (χ2v) is 3.95. The van der Waals surface area contributed by atoms with Gasteiger partial charge in [0.25, 0.3) is 0 Å². The number of hydrogen-bond acceptors (Lipinski definition) is 8. The van der Waals surface area contributed by atoms with Gasteiger partial charge in [-0.05, 0) is 6.92 Å². The molecule has 0 fully saturated rings. The molecule has 0 unspecified atom stereocenters. The zero-order chi connectivity index (χ0) is 13.5. The van der Waals surface area contributed by atoms with Crippen LogP contribution in [0.3, 0.4) is 0 Å². The van der Waals surface area contributed by atoms with E-state index in [9.17, 15) is 14.9 Å². The van der Waals surface area contributed by atoms with Crippen LogP contribution < -0.4 is 5.32 Å². The molecule has 9 heteroatoms. The normalized spacial score (nSPS) is 9.89. The third-order valence-electron chi connectivity index (χ3n) is 1.79. The molecule has 98 valence electrons. The monoisotopic (exact) mass is 272 g/mol. The fraction of sp³-hybridized carbons (Fsp3) is 0.444. The Morgan fingerprint density at radius 1 is 1.67 bits per heavy atom. The van der Waals surface area contributed by atoms with Gasteiger partial charge < -0.3 is 10.1 Å². The standard InChI is InChI=1S/C9H12N4O4S/c1-3-17-7(14)5-18-8-6(13(15)16)4-11-9(10-2)12-8/h4H,3,5H2,1-2H3,(H,10,11,12). The van der Waals surface area contributed by atoms with E-state index in [0.29, 0.717) is 0 Å². The molecule has 1 aromatic heterocycles. The molecule has 1 N–H and O–H groups in total. The van der Waals surface area contributed by atoms with E-state index >= 15 is 0 Å². The van der Waals surface area contributed by atoms with Gasteiger partial charge in [0.15, 0.2) is 5.03 Å². The molecule has 0 aliphatic carbocycles. The highest BCUT2D eigenvalue weighted by Crippen LogP contribution is 2.27. The maximum absolute atomic E-state index is 11.2. The van der Waals surface area contributed by atoms with Crippen LogP contribution in [0, 0.1) is 10.1 Å². The Kier molecular flexibility index (Phi) is 5.31. The predicted octanol–water partition coefficient (Wildman–Crippen LogP) is 1.08. The average Bonchev–Trinajstić information content (AvgIpc) is 2.36. The number of ether oxygens (including phenoxy) is 1. The number of nitrogens with one attached hydrogen (secondary N) is 1. The number of anilines is 1. The molecule has 1 aromatic rings. The van der Waals surface area contributed by atoms with Crippen molar-refractivity contribution in [3.8, 4) is 0 Å². The van der Waals surface area contributed by atoms with Crippen molar-refractivity contribution in [1.29, 1.82) is 0 Å². The highest BCUT2D eigenvalue weighted by atomic mass is 32.2. The summed E-state index contributed by atoms with van der Waals surface area (Å²) in [6, 6.07) is 0. The van der Waals surface area contributed by atoms with E-state index in [1.165, 1.54) is 0 Å². The largest absolute Gasteiger partial charge is 0.465 e. The summed E-state index contributed by atoms with van der Waals surface area (Å²) >= 11 is 0.946. The fourth-order valence-corrected chi connectivity index (χ4v) is 1.81. The predicted molar refractivity (Wildman–Crippen MR) is 65.6 cm³/mol. The van der Waals surface area contributed by atoms with Crippen molar-refractivity contribution < 1.29 is 14.5 Å². The molecule has 0 saturated carbocycles. The molecular formula is C9H12N4O4S. The topological polar surface area (TPSA) is 107 Å². The summed E-state index contributed by atoms with van der Waals surface area (Å²) in [5.41, 5.74) is -0.233. The summed E-state index contributed by atoms with van der Waals surface area (Å²) in [4.78, 5) is 29.0. The van der Waals surface area contributed by atoms with Crippen molar-refractivity contribution in [2.75, 3.05) is 24.7 Å². The van der Waals surface area contributed by atoms with Crippen LogP contribution >= 0.6 is 11.8 Å². The highest BCUT2D eigenvalue weighted by molar-refractivity contribution is 8.00. The third-order valence-corrected chi connectivity index (χ3v) is 2.74. The van der Waals surface area contributed by atoms with E-state index in [1.54, 1.807) is 14.0 Å². The number of esters is 1. The Morgan fingerprint density at radius 3 is 2.94 bits per heavy atom. The Bertz CT molecular complexity index is 454. The Balaban J connectivity index is 2.84. The minimum absolute atomic E-state index is 0.0329. The first-order chi connectivity index (χ1) is 8.58. The van der Waals surface area contributed by atoms with E-state index in [-0.39, 0.29) is 29.0 Å². The third kappa shape index (κ3) is 3.84. The quantitative estimate of drug-likeness (QED) is 0.269. The lowest BCUT2D eigenvalue weighted by atomic mass is 10.5. The first-order valence-corrected chi connectivity index (χ1v) is 6.04. The van der Waals surface area contributed by atoms with Crippen molar-refractivity contribution in [3.63, 3.8) is 0 Å². The van der Waals surface area contributed by atoms with Gasteiger partial charge >= 0.3 is 11.7 Å². The molecule has 8 nitrogen and oxygen atoms in total. The van der Waals surface area contributed by atoms with Crippen molar-refractivity contribution in [1.82, 2.24) is 9.97 Å². The summed E-state index contributed by atoms with van der Waals surface area (Å²) in [5.74, 6) is -0.220. The first-order valence-electron chi connectivity index (χ1n) is 5.06. The molecule has 0 radical (unpaired) electrons. The smallest absolute Gasteiger partial charge is 0.319 e. The summed E-state index contributed by atoms with van der Waals surface area (Å²) in [6.07, 6.45) is 1.10. The molecule has 0 spiro atoms. The van der Waals surface area contributed by atoms with Crippen molar-refractivity contribution in [3.05, 3.63) is 16.3 Å². The van der Waals surface area contributed by atoms with Gasteiger partial charge in [-0.25, -0.2) is 4.98 Å². The molecule has 0 aromatic carbocycles. The lowest BCUT2D eigenvalue weighted by Gasteiger charge is -2.04. The van der Waals surface area contributed by atoms with E-state index in [2.05, 4.69) is 15.3 Å². The molecule has 1 heterocycles. The minimum Gasteiger partial charge on any atom is -0.465 e. The van der Waals surface area contributed by atoms with Crippen LogP contribution in [0.2, 0.25) is 0 Å². The zero-order valence-corrected chi connectivity index (χ0v) is 10.7. The number of nitro groups is 1. The number of aromatic nitrogens is 2. The Hall–Kier alpha value is -1.90. The number of hydrogen-bond donors (Lipinski definition) is 1. The van der Waals surface area contributed by atoms with Crippen LogP contribution in [0.15, 0.2) is 11.2 Å². The average molecular weight is 272 g/mol. The second kappa shape index (κ2) is 6.74. The fourth-order valence-electron chi connectivity index (χ4n) is 1.04. The summed E-state index contributed by atoms with van der Waals surface area (Å²) < 4.78 is 4.73. The summed E-state index contributed by atoms with van der Waals surface area (Å²) in [6.45, 7) is 1.96. The maximum Gasteiger partial charge on any atom is 0.319 e. The molecule has 0 saturated heterocycles. The van der Waals surface area contributed by atoms with E-state index in [1.807, 2.05) is 0 Å². The number of carbonyl (C=O) groups is 1. The Morgan fingerprint density at radius 2 is 2.39 bits per heavy atom. The van der Waals surface area contributed by atoms with Gasteiger partial charge in [-0.3, -0.25) is 14.9 Å². The molecule has 0 bridgehead atoms. The van der Waals surface area contributed by atoms with Crippen LogP contribution in [0.5, 0.6) is 0 Å². The minimum atomic E-state index is -0.590. The van der Waals surface area contributed by atoms with Gasteiger partial charge in [-0.1, -0.05) is 11.8 Å². The van der Waals surface area contributed by atoms with Crippen LogP contribution in [0.25, 0.3) is 0 Å². The van der Waals surface area contributed by atoms with Gasteiger partial charge in [0.1, 0.15) is 6.20 Å². The number of nitrogens with zero attached hydrogens (tertiary/aromatic N) is 3. The lowest BCUT2D eigenvalue weighted by molar-refractivity contribution is -0.388. The zero-order valence-electron chi connectivity index (χ0n) is 9.87. The number of carbonyl (C=O) groups excluding carboxylic acids is 1. The number of rotatable bonds is 6. The molecule has 0 aliphatic rings. The van der Waals surface area contributed by atoms with Crippen molar-refractivity contribution >= 4 is 29.4 Å². The van der Waals surface area contributed by atoms with Crippen molar-refractivity contribution in [2.24, 2.45) is 0 Å². The van der Waals surface area contributed by atoms with Gasteiger partial charge in [0.2, 0.25) is 5.95 Å². The van der Waals surface area contributed by atoms with Gasteiger partial charge in [-0.15, -0.1) is 0 Å². The maximum atomic E-state index is 11.2. The van der Waals surface area contributed by atoms with Gasteiger partial charge in [-0.2, -0.15) is 4.98 Å². The second-order valence-electron chi connectivity index (χ2n) is 2.98. The molecule has 0 atom stereocenters.